The number of ether oxygens (including phenoxy) is 2. The SMILES string of the molecule is CCCCCOc1ccc(C(=O)NC(=S)NNC(=O)C(C)Oc2ccc(C)c(C)c2)cc1. The normalized spacial score (nSPS) is 11.2. The Hall–Kier alpha value is -3.13. The van der Waals surface area contributed by atoms with E-state index in [1.54, 1.807) is 31.2 Å². The first kappa shape index (κ1) is 25.1. The summed E-state index contributed by atoms with van der Waals surface area (Å²) in [6.07, 6.45) is 2.50. The molecule has 0 saturated carbocycles. The van der Waals surface area contributed by atoms with Crippen LogP contribution in [0.15, 0.2) is 42.5 Å². The van der Waals surface area contributed by atoms with Gasteiger partial charge in [-0.2, -0.15) is 0 Å². The van der Waals surface area contributed by atoms with E-state index in [2.05, 4.69) is 23.1 Å². The third-order valence-electron chi connectivity index (χ3n) is 4.82. The fraction of sp³-hybridized carbons (Fsp3) is 0.375. The summed E-state index contributed by atoms with van der Waals surface area (Å²) >= 11 is 5.08. The van der Waals surface area contributed by atoms with Crippen LogP contribution in [0.1, 0.15) is 54.6 Å². The van der Waals surface area contributed by atoms with Crippen LogP contribution in [0.4, 0.5) is 0 Å². The minimum absolute atomic E-state index is 0.0263. The van der Waals surface area contributed by atoms with Gasteiger partial charge in [0.1, 0.15) is 11.5 Å². The van der Waals surface area contributed by atoms with Crippen LogP contribution in [0.3, 0.4) is 0 Å². The van der Waals surface area contributed by atoms with E-state index in [0.29, 0.717) is 23.7 Å². The van der Waals surface area contributed by atoms with E-state index in [-0.39, 0.29) is 5.11 Å². The number of rotatable bonds is 9. The summed E-state index contributed by atoms with van der Waals surface area (Å²) in [6, 6.07) is 12.4. The highest BCUT2D eigenvalue weighted by atomic mass is 32.1. The smallest absolute Gasteiger partial charge is 0.279 e. The first-order valence-corrected chi connectivity index (χ1v) is 11.1. The summed E-state index contributed by atoms with van der Waals surface area (Å²) in [5.74, 6) is 0.492. The Balaban J connectivity index is 1.75. The van der Waals surface area contributed by atoms with Crippen LogP contribution in [0.5, 0.6) is 11.5 Å². The molecule has 0 bridgehead atoms. The second-order valence-corrected chi connectivity index (χ2v) is 7.89. The molecule has 3 N–H and O–H groups in total. The molecule has 2 aromatic rings. The van der Waals surface area contributed by atoms with Gasteiger partial charge in [0.15, 0.2) is 11.2 Å². The van der Waals surface area contributed by atoms with Gasteiger partial charge in [-0.15, -0.1) is 0 Å². The maximum atomic E-state index is 12.3. The van der Waals surface area contributed by atoms with Crippen molar-refractivity contribution in [3.05, 3.63) is 59.2 Å². The lowest BCUT2D eigenvalue weighted by Gasteiger charge is -2.17. The third-order valence-corrected chi connectivity index (χ3v) is 5.02. The lowest BCUT2D eigenvalue weighted by molar-refractivity contribution is -0.127. The van der Waals surface area contributed by atoms with E-state index in [9.17, 15) is 9.59 Å². The second kappa shape index (κ2) is 12.7. The van der Waals surface area contributed by atoms with Crippen molar-refractivity contribution in [3.63, 3.8) is 0 Å². The number of unbranched alkanes of at least 4 members (excludes halogenated alkanes) is 2. The van der Waals surface area contributed by atoms with Crippen molar-refractivity contribution in [1.29, 1.82) is 0 Å². The molecular formula is C24H31N3O4S. The van der Waals surface area contributed by atoms with Crippen molar-refractivity contribution in [3.8, 4) is 11.5 Å². The van der Waals surface area contributed by atoms with Crippen LogP contribution >= 0.6 is 12.2 Å². The number of hydrogen-bond acceptors (Lipinski definition) is 5. The average Bonchev–Trinajstić information content (AvgIpc) is 2.78. The van der Waals surface area contributed by atoms with Gasteiger partial charge in [-0.3, -0.25) is 25.8 Å². The monoisotopic (exact) mass is 457 g/mol. The fourth-order valence-electron chi connectivity index (χ4n) is 2.72. The molecule has 1 atom stereocenters. The lowest BCUT2D eigenvalue weighted by Crippen LogP contribution is -2.51. The molecule has 8 heteroatoms. The molecule has 0 spiro atoms. The highest BCUT2D eigenvalue weighted by Crippen LogP contribution is 2.17. The van der Waals surface area contributed by atoms with Crippen molar-refractivity contribution in [2.24, 2.45) is 0 Å². The summed E-state index contributed by atoms with van der Waals surface area (Å²) in [6.45, 7) is 8.39. The van der Waals surface area contributed by atoms with Gasteiger partial charge in [-0.1, -0.05) is 25.8 Å². The summed E-state index contributed by atoms with van der Waals surface area (Å²) in [5, 5.41) is 2.49. The topological polar surface area (TPSA) is 88.7 Å². The number of amides is 2. The Kier molecular flexibility index (Phi) is 9.94. The number of aryl methyl sites for hydroxylation is 2. The third kappa shape index (κ3) is 8.19. The summed E-state index contributed by atoms with van der Waals surface area (Å²) in [4.78, 5) is 24.6. The first-order chi connectivity index (χ1) is 15.3. The van der Waals surface area contributed by atoms with Crippen LogP contribution in [-0.4, -0.2) is 29.6 Å². The van der Waals surface area contributed by atoms with Crippen molar-refractivity contribution >= 4 is 29.1 Å². The van der Waals surface area contributed by atoms with Crippen LogP contribution in [0, 0.1) is 13.8 Å². The van der Waals surface area contributed by atoms with E-state index in [4.69, 9.17) is 21.7 Å². The minimum atomic E-state index is -0.757. The molecule has 0 saturated heterocycles. The fourth-order valence-corrected chi connectivity index (χ4v) is 2.86. The number of benzene rings is 2. The predicted octanol–water partition coefficient (Wildman–Crippen LogP) is 3.98. The highest BCUT2D eigenvalue weighted by molar-refractivity contribution is 7.80. The molecule has 32 heavy (non-hydrogen) atoms. The molecule has 0 aliphatic carbocycles. The van der Waals surface area contributed by atoms with Crippen LogP contribution < -0.4 is 25.6 Å². The number of thiocarbonyl (C=S) groups is 1. The van der Waals surface area contributed by atoms with Crippen LogP contribution in [-0.2, 0) is 4.79 Å². The minimum Gasteiger partial charge on any atom is -0.494 e. The number of carbonyl (C=O) groups excluding carboxylic acids is 2. The van der Waals surface area contributed by atoms with Crippen molar-refractivity contribution in [1.82, 2.24) is 16.2 Å². The van der Waals surface area contributed by atoms with Gasteiger partial charge in [0.2, 0.25) is 0 Å². The van der Waals surface area contributed by atoms with Crippen molar-refractivity contribution < 1.29 is 19.1 Å². The van der Waals surface area contributed by atoms with E-state index < -0.39 is 17.9 Å². The van der Waals surface area contributed by atoms with Crippen LogP contribution in [0.25, 0.3) is 0 Å². The Labute approximate surface area is 194 Å². The number of hydrogen-bond donors (Lipinski definition) is 3. The maximum Gasteiger partial charge on any atom is 0.279 e. The summed E-state index contributed by atoms with van der Waals surface area (Å²) in [5.41, 5.74) is 7.60. The Bertz CT molecular complexity index is 931. The molecule has 172 valence electrons. The van der Waals surface area contributed by atoms with Gasteiger partial charge in [0, 0.05) is 5.56 Å². The summed E-state index contributed by atoms with van der Waals surface area (Å²) < 4.78 is 11.3. The molecule has 1 unspecified atom stereocenters. The highest BCUT2D eigenvalue weighted by Gasteiger charge is 2.16. The molecule has 0 aromatic heterocycles. The van der Waals surface area contributed by atoms with Crippen LogP contribution in [0.2, 0.25) is 0 Å². The maximum absolute atomic E-state index is 12.3. The molecule has 2 rings (SSSR count). The Morgan fingerprint density at radius 2 is 1.66 bits per heavy atom. The van der Waals surface area contributed by atoms with Gasteiger partial charge in [0.05, 0.1) is 6.61 Å². The zero-order valence-electron chi connectivity index (χ0n) is 19.0. The van der Waals surface area contributed by atoms with Crippen molar-refractivity contribution in [2.45, 2.75) is 53.1 Å². The lowest BCUT2D eigenvalue weighted by atomic mass is 10.1. The summed E-state index contributed by atoms with van der Waals surface area (Å²) in [7, 11) is 0. The van der Waals surface area contributed by atoms with Gasteiger partial charge in [-0.25, -0.2) is 0 Å². The van der Waals surface area contributed by atoms with Gasteiger partial charge in [-0.05, 0) is 86.9 Å². The van der Waals surface area contributed by atoms with Gasteiger partial charge in [0.25, 0.3) is 11.8 Å². The van der Waals surface area contributed by atoms with E-state index in [1.807, 2.05) is 32.0 Å². The number of hydrazine groups is 1. The largest absolute Gasteiger partial charge is 0.494 e. The average molecular weight is 458 g/mol. The number of nitrogens with one attached hydrogen (secondary N) is 3. The second-order valence-electron chi connectivity index (χ2n) is 7.48. The quantitative estimate of drug-likeness (QED) is 0.300. The molecular weight excluding hydrogens is 426 g/mol. The zero-order valence-corrected chi connectivity index (χ0v) is 19.8. The first-order valence-electron chi connectivity index (χ1n) is 10.7. The number of carbonyl (C=O) groups is 2. The Morgan fingerprint density at radius 1 is 0.969 bits per heavy atom. The standard InChI is InChI=1S/C24H31N3O4S/c1-5-6-7-14-30-20-12-9-19(10-13-20)23(29)25-24(32)27-26-22(28)18(4)31-21-11-8-16(2)17(3)15-21/h8-13,15,18H,5-7,14H2,1-4H3,(H,26,28)(H2,25,27,29,32). The molecule has 2 amide bonds. The van der Waals surface area contributed by atoms with E-state index >= 15 is 0 Å². The molecule has 0 heterocycles. The van der Waals surface area contributed by atoms with Crippen molar-refractivity contribution in [2.75, 3.05) is 6.61 Å². The van der Waals surface area contributed by atoms with Gasteiger partial charge < -0.3 is 9.47 Å². The molecule has 7 nitrogen and oxygen atoms in total. The molecule has 0 radical (unpaired) electrons. The molecule has 0 fully saturated rings. The Morgan fingerprint density at radius 3 is 2.31 bits per heavy atom. The predicted molar refractivity (Wildman–Crippen MR) is 129 cm³/mol. The molecule has 2 aromatic carbocycles. The molecule has 0 aliphatic rings. The van der Waals surface area contributed by atoms with E-state index in [1.165, 1.54) is 0 Å². The van der Waals surface area contributed by atoms with E-state index in [0.717, 1.165) is 30.4 Å². The molecule has 0 aliphatic heterocycles. The van der Waals surface area contributed by atoms with Gasteiger partial charge >= 0.3 is 0 Å². The zero-order chi connectivity index (χ0) is 23.5.